The monoisotopic (exact) mass is 506 g/mol. The molecule has 1 amide bonds. The second kappa shape index (κ2) is 10.2. The first-order valence-corrected chi connectivity index (χ1v) is 14.3. The maximum atomic E-state index is 13.7. The first-order chi connectivity index (χ1) is 15.8. The molecule has 0 N–H and O–H groups in total. The van der Waals surface area contributed by atoms with Crippen LogP contribution in [0.4, 0.5) is 5.13 Å². The Morgan fingerprint density at radius 3 is 2.76 bits per heavy atom. The maximum Gasteiger partial charge on any atom is 0.252 e. The molecule has 1 saturated heterocycles. The van der Waals surface area contributed by atoms with Crippen LogP contribution >= 0.6 is 22.7 Å². The van der Waals surface area contributed by atoms with Crippen molar-refractivity contribution < 1.29 is 13.2 Å². The highest BCUT2D eigenvalue weighted by atomic mass is 32.2. The number of hydrogen-bond acceptors (Lipinski definition) is 7. The van der Waals surface area contributed by atoms with Gasteiger partial charge in [-0.1, -0.05) is 30.4 Å². The molecule has 1 atom stereocenters. The predicted molar refractivity (Wildman–Crippen MR) is 136 cm³/mol. The van der Waals surface area contributed by atoms with E-state index in [2.05, 4.69) is 19.1 Å². The van der Waals surface area contributed by atoms with Gasteiger partial charge in [-0.05, 0) is 62.5 Å². The fourth-order valence-electron chi connectivity index (χ4n) is 4.01. The highest BCUT2D eigenvalue weighted by Crippen LogP contribution is 2.33. The second-order valence-corrected chi connectivity index (χ2v) is 12.7. The van der Waals surface area contributed by atoms with Gasteiger partial charge in [-0.2, -0.15) is 4.31 Å². The zero-order valence-electron chi connectivity index (χ0n) is 19.2. The summed E-state index contributed by atoms with van der Waals surface area (Å²) >= 11 is 2.74. The lowest BCUT2D eigenvalue weighted by Gasteiger charge is -2.33. The number of anilines is 1. The van der Waals surface area contributed by atoms with Gasteiger partial charge in [-0.25, -0.2) is 13.4 Å². The van der Waals surface area contributed by atoms with Crippen LogP contribution in [0.3, 0.4) is 0 Å². The van der Waals surface area contributed by atoms with Crippen LogP contribution in [0.1, 0.15) is 25.3 Å². The van der Waals surface area contributed by atoms with Gasteiger partial charge in [-0.15, -0.1) is 11.3 Å². The van der Waals surface area contributed by atoms with E-state index in [1.165, 1.54) is 32.5 Å². The minimum Gasteiger partial charge on any atom is -0.308 e. The first-order valence-electron chi connectivity index (χ1n) is 11.2. The van der Waals surface area contributed by atoms with E-state index in [1.54, 1.807) is 22.4 Å². The lowest BCUT2D eigenvalue weighted by molar-refractivity contribution is -0.123. The molecule has 7 nitrogen and oxygen atoms in total. The Labute approximate surface area is 203 Å². The van der Waals surface area contributed by atoms with Gasteiger partial charge in [0.2, 0.25) is 5.91 Å². The van der Waals surface area contributed by atoms with Crippen LogP contribution in [-0.4, -0.2) is 68.8 Å². The van der Waals surface area contributed by atoms with Gasteiger partial charge >= 0.3 is 0 Å². The molecule has 1 unspecified atom stereocenters. The molecule has 1 aliphatic heterocycles. The third-order valence-electron chi connectivity index (χ3n) is 5.94. The molecule has 10 heteroatoms. The summed E-state index contributed by atoms with van der Waals surface area (Å²) in [7, 11) is 0.384. The molecule has 1 fully saturated rings. The Morgan fingerprint density at radius 1 is 1.24 bits per heavy atom. The van der Waals surface area contributed by atoms with Crippen molar-refractivity contribution in [2.24, 2.45) is 5.92 Å². The molecule has 0 saturated carbocycles. The largest absolute Gasteiger partial charge is 0.308 e. The molecule has 1 aromatic carbocycles. The second-order valence-electron chi connectivity index (χ2n) is 8.58. The zero-order valence-corrected chi connectivity index (χ0v) is 21.7. The van der Waals surface area contributed by atoms with Gasteiger partial charge in [-0.3, -0.25) is 9.69 Å². The average Bonchev–Trinajstić information content (AvgIpc) is 3.49. The van der Waals surface area contributed by atoms with Crippen LogP contribution in [0.2, 0.25) is 0 Å². The highest BCUT2D eigenvalue weighted by Gasteiger charge is 2.36. The maximum absolute atomic E-state index is 13.7. The van der Waals surface area contributed by atoms with Gasteiger partial charge in [0.05, 0.1) is 16.1 Å². The number of hydrogen-bond donors (Lipinski definition) is 0. The Morgan fingerprint density at radius 2 is 2.06 bits per heavy atom. The van der Waals surface area contributed by atoms with Gasteiger partial charge in [0.1, 0.15) is 4.21 Å². The summed E-state index contributed by atoms with van der Waals surface area (Å²) in [4.78, 5) is 22.3. The van der Waals surface area contributed by atoms with E-state index in [-0.39, 0.29) is 18.4 Å². The Bertz CT molecular complexity index is 1210. The molecular weight excluding hydrogens is 476 g/mol. The Hall–Kier alpha value is -1.85. The number of carbonyl (C=O) groups is 1. The van der Waals surface area contributed by atoms with E-state index in [1.807, 2.05) is 25.1 Å². The topological polar surface area (TPSA) is 73.8 Å². The van der Waals surface area contributed by atoms with Crippen LogP contribution in [0.5, 0.6) is 0 Å². The molecule has 178 valence electrons. The molecule has 0 bridgehead atoms. The summed E-state index contributed by atoms with van der Waals surface area (Å²) in [6, 6.07) is 9.59. The van der Waals surface area contributed by atoms with Gasteiger partial charge in [0.25, 0.3) is 10.0 Å². The fourth-order valence-corrected chi connectivity index (χ4v) is 7.74. The van der Waals surface area contributed by atoms with Crippen molar-refractivity contribution >= 4 is 54.0 Å². The Kier molecular flexibility index (Phi) is 7.49. The normalized spacial score (nSPS) is 17.6. The lowest BCUT2D eigenvalue weighted by Crippen LogP contribution is -2.48. The number of aryl methyl sites for hydroxylation is 1. The zero-order chi connectivity index (χ0) is 23.6. The van der Waals surface area contributed by atoms with Crippen molar-refractivity contribution in [2.45, 2.75) is 30.4 Å². The summed E-state index contributed by atoms with van der Waals surface area (Å²) in [6.07, 6.45) is 2.30. The number of amides is 1. The third-order valence-corrected chi connectivity index (χ3v) is 10.2. The van der Waals surface area contributed by atoms with Gasteiger partial charge in [0.15, 0.2) is 5.13 Å². The first kappa shape index (κ1) is 24.3. The van der Waals surface area contributed by atoms with Crippen LogP contribution in [0.25, 0.3) is 10.2 Å². The molecule has 0 radical (unpaired) electrons. The van der Waals surface area contributed by atoms with Crippen molar-refractivity contribution in [1.82, 2.24) is 14.2 Å². The summed E-state index contributed by atoms with van der Waals surface area (Å²) in [6.45, 7) is 3.99. The summed E-state index contributed by atoms with van der Waals surface area (Å²) < 4.78 is 29.0. The predicted octanol–water partition coefficient (Wildman–Crippen LogP) is 3.92. The number of piperidine rings is 1. The molecule has 4 rings (SSSR count). The van der Waals surface area contributed by atoms with Crippen LogP contribution < -0.4 is 4.90 Å². The quantitative estimate of drug-likeness (QED) is 0.463. The van der Waals surface area contributed by atoms with Crippen molar-refractivity contribution in [3.05, 3.63) is 41.3 Å². The van der Waals surface area contributed by atoms with E-state index in [0.717, 1.165) is 16.6 Å². The highest BCUT2D eigenvalue weighted by molar-refractivity contribution is 7.91. The Balaban J connectivity index is 1.60. The molecule has 1 aliphatic rings. The molecule has 3 heterocycles. The number of rotatable bonds is 8. The number of sulfonamides is 1. The van der Waals surface area contributed by atoms with Crippen LogP contribution in [0, 0.1) is 5.92 Å². The number of carbonyl (C=O) groups excluding carboxylic acids is 1. The molecular formula is C23H30N4O3S3. The van der Waals surface area contributed by atoms with Crippen molar-refractivity contribution in [2.75, 3.05) is 45.2 Å². The number of likely N-dealkylation sites (N-methyl/N-ethyl adjacent to an activating group) is 1. The number of thiazole rings is 1. The minimum absolute atomic E-state index is 0.0438. The van der Waals surface area contributed by atoms with E-state index < -0.39 is 10.0 Å². The number of aromatic nitrogens is 1. The van der Waals surface area contributed by atoms with E-state index >= 15 is 0 Å². The van der Waals surface area contributed by atoms with E-state index in [9.17, 15) is 13.2 Å². The van der Waals surface area contributed by atoms with Gasteiger partial charge < -0.3 is 4.90 Å². The van der Waals surface area contributed by atoms with Gasteiger partial charge in [0, 0.05) is 26.2 Å². The third kappa shape index (κ3) is 5.30. The average molecular weight is 507 g/mol. The number of benzene rings is 1. The fraction of sp³-hybridized carbons (Fsp3) is 0.478. The summed E-state index contributed by atoms with van der Waals surface area (Å²) in [5.74, 6) is -0.424. The SMILES string of the molecule is CCc1ccc2nc(N(CCN(C)C)C(=O)C3CCCN(S(=O)(=O)c4cccs4)C3)sc2c1. The van der Waals surface area contributed by atoms with Crippen LogP contribution in [-0.2, 0) is 21.2 Å². The van der Waals surface area contributed by atoms with Crippen LogP contribution in [0.15, 0.2) is 39.9 Å². The standard InChI is InChI=1S/C23H30N4O3S3/c1-4-17-9-10-19-20(15-17)32-23(24-19)27(13-12-25(2)3)22(28)18-7-5-11-26(16-18)33(29,30)21-8-6-14-31-21/h6,8-10,14-15,18H,4-5,7,11-13,16H2,1-3H3. The summed E-state index contributed by atoms with van der Waals surface area (Å²) in [5.41, 5.74) is 2.13. The smallest absolute Gasteiger partial charge is 0.252 e. The number of thiophene rings is 1. The summed E-state index contributed by atoms with van der Waals surface area (Å²) in [5, 5.41) is 2.45. The molecule has 0 spiro atoms. The molecule has 0 aliphatic carbocycles. The molecule has 33 heavy (non-hydrogen) atoms. The van der Waals surface area contributed by atoms with Crippen molar-refractivity contribution in [1.29, 1.82) is 0 Å². The molecule has 2 aromatic heterocycles. The van der Waals surface area contributed by atoms with Crippen molar-refractivity contribution in [3.8, 4) is 0 Å². The van der Waals surface area contributed by atoms with E-state index in [0.29, 0.717) is 41.8 Å². The number of fused-ring (bicyclic) bond motifs is 1. The van der Waals surface area contributed by atoms with E-state index in [4.69, 9.17) is 4.98 Å². The lowest BCUT2D eigenvalue weighted by atomic mass is 9.98. The number of nitrogens with zero attached hydrogens (tertiary/aromatic N) is 4. The minimum atomic E-state index is -3.57. The molecule has 3 aromatic rings. The van der Waals surface area contributed by atoms with Crippen molar-refractivity contribution in [3.63, 3.8) is 0 Å².